The summed E-state index contributed by atoms with van der Waals surface area (Å²) in [5, 5.41) is 11.3. The van der Waals surface area contributed by atoms with Crippen molar-refractivity contribution in [3.63, 3.8) is 0 Å². The summed E-state index contributed by atoms with van der Waals surface area (Å²) in [6, 6.07) is 19.8. The zero-order chi connectivity index (χ0) is 26.7. The molecule has 4 heterocycles. The number of aromatic amines is 1. The van der Waals surface area contributed by atoms with Gasteiger partial charge in [-0.1, -0.05) is 29.8 Å². The standard InChI is InChI=1S/C29H18ClFN6O2/c30-21-7-6-18(31)12-19(21)27-26-20(28(38)36-27)9-17(16-5-8-25-32-14-33-37(25)13-16)11-23(26)35-29(39)24-10-15-3-1-2-4-22(15)34-24/h1-14,27,34H,(H,35,39)(H,36,38). The number of halogens is 2. The monoisotopic (exact) mass is 536 g/mol. The minimum Gasteiger partial charge on any atom is -0.351 e. The Balaban J connectivity index is 1.39. The average Bonchev–Trinajstić information content (AvgIpc) is 3.66. The van der Waals surface area contributed by atoms with Gasteiger partial charge in [-0.3, -0.25) is 9.59 Å². The number of nitrogens with one attached hydrogen (secondary N) is 3. The lowest BCUT2D eigenvalue weighted by atomic mass is 9.93. The first-order chi connectivity index (χ1) is 18.9. The number of fused-ring (bicyclic) bond motifs is 3. The number of carbonyl (C=O) groups is 2. The number of pyridine rings is 1. The smallest absolute Gasteiger partial charge is 0.272 e. The summed E-state index contributed by atoms with van der Waals surface area (Å²) >= 11 is 6.44. The molecule has 0 fully saturated rings. The van der Waals surface area contributed by atoms with Crippen LogP contribution in [-0.2, 0) is 0 Å². The highest BCUT2D eigenvalue weighted by Crippen LogP contribution is 2.42. The maximum absolute atomic E-state index is 14.2. The molecule has 3 aromatic heterocycles. The molecule has 1 unspecified atom stereocenters. The van der Waals surface area contributed by atoms with Crippen molar-refractivity contribution in [3.8, 4) is 11.1 Å². The predicted molar refractivity (Wildman–Crippen MR) is 145 cm³/mol. The summed E-state index contributed by atoms with van der Waals surface area (Å²) in [4.78, 5) is 34.0. The van der Waals surface area contributed by atoms with Crippen LogP contribution in [0.3, 0.4) is 0 Å². The Kier molecular flexibility index (Phi) is 5.21. The van der Waals surface area contributed by atoms with Crippen molar-refractivity contribution in [2.24, 2.45) is 0 Å². The van der Waals surface area contributed by atoms with Gasteiger partial charge in [-0.15, -0.1) is 0 Å². The van der Waals surface area contributed by atoms with Gasteiger partial charge in [0.15, 0.2) is 5.65 Å². The Morgan fingerprint density at radius 3 is 2.77 bits per heavy atom. The number of carbonyl (C=O) groups excluding carboxylic acids is 2. The summed E-state index contributed by atoms with van der Waals surface area (Å²) in [7, 11) is 0. The summed E-state index contributed by atoms with van der Waals surface area (Å²) in [5.41, 5.74) is 4.93. The highest BCUT2D eigenvalue weighted by atomic mass is 35.5. The molecular formula is C29H18ClFN6O2. The first-order valence-electron chi connectivity index (χ1n) is 12.1. The van der Waals surface area contributed by atoms with E-state index >= 15 is 0 Å². The van der Waals surface area contributed by atoms with Gasteiger partial charge in [0.25, 0.3) is 11.8 Å². The van der Waals surface area contributed by atoms with Crippen LogP contribution in [0, 0.1) is 5.82 Å². The van der Waals surface area contributed by atoms with E-state index in [1.54, 1.807) is 28.9 Å². The second-order valence-corrected chi connectivity index (χ2v) is 9.67. The Labute approximate surface area is 225 Å². The zero-order valence-electron chi connectivity index (χ0n) is 20.1. The van der Waals surface area contributed by atoms with E-state index in [1.165, 1.54) is 24.5 Å². The highest BCUT2D eigenvalue weighted by molar-refractivity contribution is 6.31. The molecule has 0 spiro atoms. The minimum absolute atomic E-state index is 0.295. The zero-order valence-corrected chi connectivity index (χ0v) is 20.8. The van der Waals surface area contributed by atoms with Gasteiger partial charge in [0.1, 0.15) is 17.8 Å². The lowest BCUT2D eigenvalue weighted by Gasteiger charge is -2.19. The van der Waals surface area contributed by atoms with E-state index in [0.717, 1.165) is 16.5 Å². The topological polar surface area (TPSA) is 104 Å². The van der Waals surface area contributed by atoms with E-state index in [0.29, 0.717) is 44.3 Å². The van der Waals surface area contributed by atoms with Crippen LogP contribution >= 0.6 is 11.6 Å². The van der Waals surface area contributed by atoms with E-state index in [1.807, 2.05) is 36.4 Å². The fourth-order valence-corrected chi connectivity index (χ4v) is 5.27. The summed E-state index contributed by atoms with van der Waals surface area (Å²) in [6.45, 7) is 0. The van der Waals surface area contributed by atoms with Crippen molar-refractivity contribution in [1.82, 2.24) is 24.9 Å². The third-order valence-electron chi connectivity index (χ3n) is 6.89. The number of amides is 2. The Morgan fingerprint density at radius 2 is 1.90 bits per heavy atom. The van der Waals surface area contributed by atoms with Crippen molar-refractivity contribution in [3.05, 3.63) is 119 Å². The van der Waals surface area contributed by atoms with Gasteiger partial charge >= 0.3 is 0 Å². The molecule has 39 heavy (non-hydrogen) atoms. The Bertz CT molecular complexity index is 1930. The van der Waals surface area contributed by atoms with Crippen LogP contribution in [0.2, 0.25) is 5.02 Å². The molecule has 0 saturated carbocycles. The molecule has 1 atom stereocenters. The van der Waals surface area contributed by atoms with Crippen LogP contribution < -0.4 is 10.6 Å². The van der Waals surface area contributed by atoms with E-state index in [2.05, 4.69) is 25.7 Å². The van der Waals surface area contributed by atoms with Crippen molar-refractivity contribution >= 4 is 45.7 Å². The normalized spacial score (nSPS) is 14.5. The van der Waals surface area contributed by atoms with Crippen molar-refractivity contribution in [2.75, 3.05) is 5.32 Å². The van der Waals surface area contributed by atoms with E-state index in [-0.39, 0.29) is 11.8 Å². The molecule has 3 N–H and O–H groups in total. The van der Waals surface area contributed by atoms with Crippen LogP contribution in [0.15, 0.2) is 85.3 Å². The predicted octanol–water partition coefficient (Wildman–Crippen LogP) is 5.76. The van der Waals surface area contributed by atoms with Gasteiger partial charge in [-0.05, 0) is 60.2 Å². The Hall–Kier alpha value is -5.02. The van der Waals surface area contributed by atoms with Crippen LogP contribution in [0.1, 0.15) is 38.0 Å². The number of rotatable bonds is 4. The fourth-order valence-electron chi connectivity index (χ4n) is 5.05. The number of hydrogen-bond donors (Lipinski definition) is 3. The van der Waals surface area contributed by atoms with Crippen LogP contribution in [0.4, 0.5) is 10.1 Å². The molecule has 1 aliphatic heterocycles. The highest BCUT2D eigenvalue weighted by Gasteiger charge is 2.35. The number of nitrogens with zero attached hydrogens (tertiary/aromatic N) is 3. The van der Waals surface area contributed by atoms with Crippen LogP contribution in [-0.4, -0.2) is 31.4 Å². The maximum Gasteiger partial charge on any atom is 0.272 e. The van der Waals surface area contributed by atoms with Crippen LogP contribution in [0.25, 0.3) is 27.7 Å². The summed E-state index contributed by atoms with van der Waals surface area (Å²) in [6.07, 6.45) is 3.25. The van der Waals surface area contributed by atoms with Gasteiger partial charge in [0.2, 0.25) is 0 Å². The van der Waals surface area contributed by atoms with Gasteiger partial charge in [-0.2, -0.15) is 5.10 Å². The minimum atomic E-state index is -0.763. The molecule has 0 radical (unpaired) electrons. The largest absolute Gasteiger partial charge is 0.351 e. The van der Waals surface area contributed by atoms with E-state index in [9.17, 15) is 14.0 Å². The summed E-state index contributed by atoms with van der Waals surface area (Å²) in [5.74, 6) is -1.24. The second kappa shape index (κ2) is 8.78. The molecule has 8 nitrogen and oxygen atoms in total. The van der Waals surface area contributed by atoms with Crippen LogP contribution in [0.5, 0.6) is 0 Å². The van der Waals surface area contributed by atoms with E-state index in [4.69, 9.17) is 11.6 Å². The second-order valence-electron chi connectivity index (χ2n) is 9.26. The number of benzene rings is 3. The number of anilines is 1. The molecule has 0 saturated heterocycles. The van der Waals surface area contributed by atoms with Gasteiger partial charge in [0, 0.05) is 50.1 Å². The number of hydrogen-bond acceptors (Lipinski definition) is 4. The molecular weight excluding hydrogens is 519 g/mol. The molecule has 3 aromatic carbocycles. The maximum atomic E-state index is 14.2. The molecule has 6 aromatic rings. The third kappa shape index (κ3) is 3.91. The SMILES string of the molecule is O=C(Nc1cc(-c2ccc3ncnn3c2)cc2c1C(c1cc(F)ccc1Cl)NC2=O)c1cc2ccccc2[nH]1. The van der Waals surface area contributed by atoms with E-state index < -0.39 is 11.9 Å². The molecule has 190 valence electrons. The lowest BCUT2D eigenvalue weighted by molar-refractivity contribution is 0.0959. The fraction of sp³-hybridized carbons (Fsp3) is 0.0345. The molecule has 7 rings (SSSR count). The van der Waals surface area contributed by atoms with Crippen molar-refractivity contribution < 1.29 is 14.0 Å². The quantitative estimate of drug-likeness (QED) is 0.266. The summed E-state index contributed by atoms with van der Waals surface area (Å²) < 4.78 is 15.9. The van der Waals surface area contributed by atoms with Gasteiger partial charge in [-0.25, -0.2) is 13.9 Å². The molecule has 2 amide bonds. The number of aromatic nitrogens is 4. The van der Waals surface area contributed by atoms with Gasteiger partial charge in [0.05, 0.1) is 6.04 Å². The first kappa shape index (κ1) is 23.1. The average molecular weight is 537 g/mol. The molecule has 10 heteroatoms. The molecule has 0 bridgehead atoms. The molecule has 1 aliphatic rings. The third-order valence-corrected chi connectivity index (χ3v) is 7.23. The number of H-pyrrole nitrogens is 1. The lowest BCUT2D eigenvalue weighted by Crippen LogP contribution is -2.21. The van der Waals surface area contributed by atoms with Crippen molar-refractivity contribution in [1.29, 1.82) is 0 Å². The van der Waals surface area contributed by atoms with Crippen molar-refractivity contribution in [2.45, 2.75) is 6.04 Å². The van der Waals surface area contributed by atoms with Gasteiger partial charge < -0.3 is 15.6 Å². The number of para-hydroxylation sites is 1. The Morgan fingerprint density at radius 1 is 1.03 bits per heavy atom. The molecule has 0 aliphatic carbocycles. The first-order valence-corrected chi connectivity index (χ1v) is 12.4.